The molecule has 0 aromatic heterocycles. The monoisotopic (exact) mass is 492 g/mol. The summed E-state index contributed by atoms with van der Waals surface area (Å²) < 4.78 is 25.6. The molecule has 0 N–H and O–H groups in total. The third kappa shape index (κ3) is 8.19. The van der Waals surface area contributed by atoms with Gasteiger partial charge < -0.3 is 18.9 Å². The van der Waals surface area contributed by atoms with Gasteiger partial charge in [0.2, 0.25) is 0 Å². The van der Waals surface area contributed by atoms with Gasteiger partial charge in [-0.3, -0.25) is 0 Å². The number of hydrogen-bond acceptors (Lipinski definition) is 5. The summed E-state index contributed by atoms with van der Waals surface area (Å²) in [7, 11) is 0. The molecular formula is C30H36O4S. The zero-order valence-electron chi connectivity index (χ0n) is 20.5. The van der Waals surface area contributed by atoms with Crippen molar-refractivity contribution in [1.82, 2.24) is 0 Å². The Hall–Kier alpha value is -2.15. The first kappa shape index (κ1) is 25.9. The molecule has 3 aromatic carbocycles. The van der Waals surface area contributed by atoms with Gasteiger partial charge >= 0.3 is 0 Å². The van der Waals surface area contributed by atoms with Crippen molar-refractivity contribution >= 4 is 11.8 Å². The molecule has 0 unspecified atom stereocenters. The Balaban J connectivity index is 1.45. The van der Waals surface area contributed by atoms with Gasteiger partial charge in [0, 0.05) is 0 Å². The van der Waals surface area contributed by atoms with E-state index in [0.717, 1.165) is 35.3 Å². The number of thioether (sulfide) groups is 1. The van der Waals surface area contributed by atoms with E-state index >= 15 is 0 Å². The van der Waals surface area contributed by atoms with E-state index in [4.69, 9.17) is 18.9 Å². The molecule has 1 saturated heterocycles. The van der Waals surface area contributed by atoms with Crippen LogP contribution in [0.4, 0.5) is 0 Å². The van der Waals surface area contributed by atoms with E-state index < -0.39 is 0 Å². The Labute approximate surface area is 213 Å². The van der Waals surface area contributed by atoms with Crippen LogP contribution in [0.1, 0.15) is 36.5 Å². The summed E-state index contributed by atoms with van der Waals surface area (Å²) in [5.74, 6) is 1.04. The van der Waals surface area contributed by atoms with Gasteiger partial charge in [-0.2, -0.15) is 0 Å². The van der Waals surface area contributed by atoms with Gasteiger partial charge in [-0.1, -0.05) is 104 Å². The predicted molar refractivity (Wildman–Crippen MR) is 142 cm³/mol. The first-order chi connectivity index (χ1) is 17.3. The Kier molecular flexibility index (Phi) is 10.7. The van der Waals surface area contributed by atoms with E-state index in [-0.39, 0.29) is 23.7 Å². The smallest absolute Gasteiger partial charge is 0.132 e. The first-order valence-corrected chi connectivity index (χ1v) is 13.6. The molecule has 4 nitrogen and oxygen atoms in total. The fourth-order valence-corrected chi connectivity index (χ4v) is 5.41. The maximum atomic E-state index is 6.54. The summed E-state index contributed by atoms with van der Waals surface area (Å²) in [6.45, 7) is 4.27. The molecule has 0 spiro atoms. The highest BCUT2D eigenvalue weighted by atomic mass is 32.2. The third-order valence-corrected chi connectivity index (χ3v) is 7.24. The zero-order valence-corrected chi connectivity index (χ0v) is 21.3. The van der Waals surface area contributed by atoms with Crippen LogP contribution in [0, 0.1) is 0 Å². The average Bonchev–Trinajstić information content (AvgIpc) is 3.24. The highest BCUT2D eigenvalue weighted by molar-refractivity contribution is 7.99. The average molecular weight is 493 g/mol. The standard InChI is InChI=1S/C30H36O4S/c1-2-3-19-35-30-29(33-22-26-17-11-6-12-18-26)28(32-21-25-15-9-5-10-16-25)27(34-30)23-31-20-24-13-7-4-8-14-24/h4-18,27-30H,2-3,19-23H2,1H3/t27-,28-,29+,30+/m1/s1. The second kappa shape index (κ2) is 14.4. The van der Waals surface area contributed by atoms with Crippen LogP contribution in [-0.2, 0) is 38.8 Å². The van der Waals surface area contributed by atoms with Crippen molar-refractivity contribution < 1.29 is 18.9 Å². The summed E-state index contributed by atoms with van der Waals surface area (Å²) in [5, 5.41) is 0. The van der Waals surface area contributed by atoms with Gasteiger partial charge in [-0.15, -0.1) is 11.8 Å². The van der Waals surface area contributed by atoms with Gasteiger partial charge in [0.05, 0.1) is 26.4 Å². The molecule has 4 rings (SSSR count). The molecule has 1 aliphatic heterocycles. The minimum atomic E-state index is -0.214. The molecule has 0 amide bonds. The summed E-state index contributed by atoms with van der Waals surface area (Å²) in [6.07, 6.45) is 1.73. The SMILES string of the molecule is CCCCS[C@@H]1O[C@H](COCc2ccccc2)[C@@H](OCc2ccccc2)[C@@H]1OCc1ccccc1. The minimum absolute atomic E-state index is 0.0867. The van der Waals surface area contributed by atoms with Crippen molar-refractivity contribution in [1.29, 1.82) is 0 Å². The van der Waals surface area contributed by atoms with Crippen molar-refractivity contribution in [3.63, 3.8) is 0 Å². The fraction of sp³-hybridized carbons (Fsp3) is 0.400. The highest BCUT2D eigenvalue weighted by Crippen LogP contribution is 2.35. The normalized spacial score (nSPS) is 21.9. The van der Waals surface area contributed by atoms with Gasteiger partial charge in [-0.05, 0) is 28.9 Å². The minimum Gasteiger partial charge on any atom is -0.374 e. The number of hydrogen-bond donors (Lipinski definition) is 0. The van der Waals surface area contributed by atoms with E-state index in [1.165, 1.54) is 0 Å². The van der Waals surface area contributed by atoms with E-state index in [0.29, 0.717) is 26.4 Å². The Morgan fingerprint density at radius 1 is 0.686 bits per heavy atom. The summed E-state index contributed by atoms with van der Waals surface area (Å²) in [6, 6.07) is 30.8. The van der Waals surface area contributed by atoms with Gasteiger partial charge in [0.15, 0.2) is 0 Å². The van der Waals surface area contributed by atoms with Crippen LogP contribution in [0.5, 0.6) is 0 Å². The quantitative estimate of drug-likeness (QED) is 0.236. The highest BCUT2D eigenvalue weighted by Gasteiger charge is 2.46. The fourth-order valence-electron chi connectivity index (χ4n) is 4.08. The van der Waals surface area contributed by atoms with Gasteiger partial charge in [0.1, 0.15) is 23.7 Å². The van der Waals surface area contributed by atoms with E-state index in [1.807, 2.05) is 66.4 Å². The van der Waals surface area contributed by atoms with Gasteiger partial charge in [-0.25, -0.2) is 0 Å². The molecule has 0 saturated carbocycles. The lowest BCUT2D eigenvalue weighted by Gasteiger charge is -2.25. The molecule has 1 fully saturated rings. The van der Waals surface area contributed by atoms with Crippen molar-refractivity contribution in [2.24, 2.45) is 0 Å². The van der Waals surface area contributed by atoms with Crippen molar-refractivity contribution in [2.45, 2.75) is 63.3 Å². The summed E-state index contributed by atoms with van der Waals surface area (Å²) in [4.78, 5) is 0. The van der Waals surface area contributed by atoms with Crippen LogP contribution in [0.15, 0.2) is 91.0 Å². The lowest BCUT2D eigenvalue weighted by atomic mass is 10.1. The summed E-state index contributed by atoms with van der Waals surface area (Å²) in [5.41, 5.74) is 3.35. The largest absolute Gasteiger partial charge is 0.374 e. The molecule has 3 aromatic rings. The van der Waals surface area contributed by atoms with Crippen LogP contribution in [0.25, 0.3) is 0 Å². The molecule has 5 heteroatoms. The molecule has 186 valence electrons. The lowest BCUT2D eigenvalue weighted by Crippen LogP contribution is -2.38. The van der Waals surface area contributed by atoms with Crippen molar-refractivity contribution in [3.05, 3.63) is 108 Å². The van der Waals surface area contributed by atoms with Crippen LogP contribution in [0.2, 0.25) is 0 Å². The van der Waals surface area contributed by atoms with E-state index in [1.54, 1.807) is 0 Å². The first-order valence-electron chi connectivity index (χ1n) is 12.5. The second-order valence-corrected chi connectivity index (χ2v) is 10.00. The Morgan fingerprint density at radius 2 is 1.20 bits per heavy atom. The van der Waals surface area contributed by atoms with E-state index in [2.05, 4.69) is 43.3 Å². The number of rotatable bonds is 14. The van der Waals surface area contributed by atoms with E-state index in [9.17, 15) is 0 Å². The van der Waals surface area contributed by atoms with Crippen molar-refractivity contribution in [2.75, 3.05) is 12.4 Å². The summed E-state index contributed by atoms with van der Waals surface area (Å²) >= 11 is 1.83. The predicted octanol–water partition coefficient (Wildman–Crippen LogP) is 6.63. The molecule has 1 heterocycles. The second-order valence-electron chi connectivity index (χ2n) is 8.79. The van der Waals surface area contributed by atoms with Crippen LogP contribution in [0.3, 0.4) is 0 Å². The topological polar surface area (TPSA) is 36.9 Å². The molecule has 0 bridgehead atoms. The molecule has 0 aliphatic carbocycles. The molecule has 1 aliphatic rings. The maximum absolute atomic E-state index is 6.54. The molecular weight excluding hydrogens is 456 g/mol. The maximum Gasteiger partial charge on any atom is 0.132 e. The number of benzene rings is 3. The third-order valence-electron chi connectivity index (χ3n) is 6.01. The van der Waals surface area contributed by atoms with Gasteiger partial charge in [0.25, 0.3) is 0 Å². The zero-order chi connectivity index (χ0) is 24.1. The van der Waals surface area contributed by atoms with Crippen LogP contribution < -0.4 is 0 Å². The Morgan fingerprint density at radius 3 is 1.74 bits per heavy atom. The Bertz CT molecular complexity index is 954. The van der Waals surface area contributed by atoms with Crippen molar-refractivity contribution in [3.8, 4) is 0 Å². The molecule has 35 heavy (non-hydrogen) atoms. The van der Waals surface area contributed by atoms with Crippen LogP contribution >= 0.6 is 11.8 Å². The number of ether oxygens (including phenoxy) is 4. The lowest BCUT2D eigenvalue weighted by molar-refractivity contribution is -0.0895. The molecule has 4 atom stereocenters. The number of unbranched alkanes of at least 4 members (excludes halogenated alkanes) is 1. The molecule has 0 radical (unpaired) electrons. The van der Waals surface area contributed by atoms with Crippen LogP contribution in [-0.4, -0.2) is 36.1 Å².